The van der Waals surface area contributed by atoms with Crippen LogP contribution in [-0.2, 0) is 14.2 Å². The second kappa shape index (κ2) is 5.32. The smallest absolute Gasteiger partial charge is 0.407 e. The van der Waals surface area contributed by atoms with Gasteiger partial charge in [0.1, 0.15) is 12.7 Å². The number of hydrogen-bond donors (Lipinski definition) is 1. The molecule has 1 rings (SSSR count). The van der Waals surface area contributed by atoms with Crippen LogP contribution in [0.15, 0.2) is 0 Å². The summed E-state index contributed by atoms with van der Waals surface area (Å²) in [5.74, 6) is -0.562. The minimum atomic E-state index is -0.562. The van der Waals surface area contributed by atoms with Gasteiger partial charge in [-0.1, -0.05) is 6.92 Å². The van der Waals surface area contributed by atoms with E-state index in [1.165, 1.54) is 0 Å². The summed E-state index contributed by atoms with van der Waals surface area (Å²) in [5, 5.41) is 2.62. The van der Waals surface area contributed by atoms with E-state index in [1.54, 1.807) is 0 Å². The lowest BCUT2D eigenvalue weighted by molar-refractivity contribution is -0.142. The minimum absolute atomic E-state index is 0.160. The molecule has 1 heterocycles. The molecule has 0 aromatic heterocycles. The van der Waals surface area contributed by atoms with Crippen LogP contribution in [0.25, 0.3) is 0 Å². The molecule has 0 saturated carbocycles. The Labute approximate surface area is 90.1 Å². The summed E-state index contributed by atoms with van der Waals surface area (Å²) >= 11 is 0. The van der Waals surface area contributed by atoms with Crippen LogP contribution in [0, 0.1) is 0 Å². The molecule has 15 heavy (non-hydrogen) atoms. The van der Waals surface area contributed by atoms with Gasteiger partial charge in [-0.05, 0) is 20.3 Å². The Balaban J connectivity index is 2.13. The van der Waals surface area contributed by atoms with Crippen molar-refractivity contribution in [1.82, 2.24) is 5.32 Å². The maximum absolute atomic E-state index is 11.1. The van der Waals surface area contributed by atoms with Crippen LogP contribution >= 0.6 is 0 Å². The van der Waals surface area contributed by atoms with Gasteiger partial charge in [0.15, 0.2) is 5.79 Å². The Morgan fingerprint density at radius 1 is 1.60 bits per heavy atom. The third kappa shape index (κ3) is 4.48. The summed E-state index contributed by atoms with van der Waals surface area (Å²) in [4.78, 5) is 11.1. The molecule has 0 spiro atoms. The number of ether oxygens (including phenoxy) is 3. The lowest BCUT2D eigenvalue weighted by atomic mass is 10.4. The third-order valence-corrected chi connectivity index (χ3v) is 1.99. The minimum Gasteiger partial charge on any atom is -0.447 e. The highest BCUT2D eigenvalue weighted by Crippen LogP contribution is 2.22. The third-order valence-electron chi connectivity index (χ3n) is 1.99. The molecule has 1 unspecified atom stereocenters. The molecule has 0 radical (unpaired) electrons. The van der Waals surface area contributed by atoms with Crippen molar-refractivity contribution in [3.8, 4) is 0 Å². The van der Waals surface area contributed by atoms with Crippen LogP contribution in [0.5, 0.6) is 0 Å². The highest BCUT2D eigenvalue weighted by Gasteiger charge is 2.33. The zero-order valence-corrected chi connectivity index (χ0v) is 9.54. The number of alkyl carbamates (subject to hydrolysis) is 1. The molecular formula is C10H19NO4. The molecule has 5 nitrogen and oxygen atoms in total. The maximum atomic E-state index is 11.1. The van der Waals surface area contributed by atoms with Gasteiger partial charge in [0.25, 0.3) is 0 Å². The molecule has 0 bridgehead atoms. The van der Waals surface area contributed by atoms with Gasteiger partial charge >= 0.3 is 6.09 Å². The molecule has 88 valence electrons. The molecular weight excluding hydrogens is 198 g/mol. The zero-order valence-electron chi connectivity index (χ0n) is 9.54. The monoisotopic (exact) mass is 217 g/mol. The predicted molar refractivity (Wildman–Crippen MR) is 54.5 cm³/mol. The van der Waals surface area contributed by atoms with Crippen molar-refractivity contribution in [2.24, 2.45) is 0 Å². The summed E-state index contributed by atoms with van der Waals surface area (Å²) in [7, 11) is 0. The van der Waals surface area contributed by atoms with Gasteiger partial charge < -0.3 is 19.5 Å². The first kappa shape index (κ1) is 12.3. The Hall–Kier alpha value is -0.810. The van der Waals surface area contributed by atoms with E-state index < -0.39 is 11.9 Å². The van der Waals surface area contributed by atoms with E-state index >= 15 is 0 Å². The summed E-state index contributed by atoms with van der Waals surface area (Å²) < 4.78 is 15.8. The number of carbonyl (C=O) groups is 1. The fourth-order valence-corrected chi connectivity index (χ4v) is 1.29. The average molecular weight is 217 g/mol. The lowest BCUT2D eigenvalue weighted by Crippen LogP contribution is -2.30. The number of rotatable bonds is 4. The van der Waals surface area contributed by atoms with Crippen molar-refractivity contribution in [2.45, 2.75) is 39.1 Å². The zero-order chi connectivity index (χ0) is 11.3. The van der Waals surface area contributed by atoms with Gasteiger partial charge in [0.2, 0.25) is 0 Å². The second-order valence-corrected chi connectivity index (χ2v) is 3.98. The first-order valence-electron chi connectivity index (χ1n) is 5.26. The fourth-order valence-electron chi connectivity index (χ4n) is 1.29. The van der Waals surface area contributed by atoms with Gasteiger partial charge in [-0.3, -0.25) is 0 Å². The Kier molecular flexibility index (Phi) is 4.35. The number of nitrogens with one attached hydrogen (secondary N) is 1. The Morgan fingerprint density at radius 3 is 2.87 bits per heavy atom. The summed E-state index contributed by atoms with van der Waals surface area (Å²) in [5.41, 5.74) is 0. The Morgan fingerprint density at radius 2 is 2.33 bits per heavy atom. The lowest BCUT2D eigenvalue weighted by Gasteiger charge is -2.17. The van der Waals surface area contributed by atoms with Crippen molar-refractivity contribution in [1.29, 1.82) is 0 Å². The van der Waals surface area contributed by atoms with Crippen molar-refractivity contribution < 1.29 is 19.0 Å². The average Bonchev–Trinajstić information content (AvgIpc) is 2.52. The number of hydrogen-bond acceptors (Lipinski definition) is 4. The van der Waals surface area contributed by atoms with Crippen LogP contribution in [-0.4, -0.2) is 37.7 Å². The highest BCUT2D eigenvalue weighted by atomic mass is 16.7. The molecule has 1 amide bonds. The molecule has 1 aliphatic heterocycles. The van der Waals surface area contributed by atoms with Gasteiger partial charge in [-0.2, -0.15) is 0 Å². The summed E-state index contributed by atoms with van der Waals surface area (Å²) in [6.45, 7) is 6.99. The van der Waals surface area contributed by atoms with Crippen LogP contribution in [0.3, 0.4) is 0 Å². The SMILES string of the molecule is CCCNC(=O)OCC1COC(C)(C)O1. The molecule has 1 atom stereocenters. The van der Waals surface area contributed by atoms with Gasteiger partial charge in [-0.15, -0.1) is 0 Å². The summed E-state index contributed by atoms with van der Waals surface area (Å²) in [6.07, 6.45) is 0.336. The van der Waals surface area contributed by atoms with Crippen molar-refractivity contribution >= 4 is 6.09 Å². The van der Waals surface area contributed by atoms with E-state index in [1.807, 2.05) is 20.8 Å². The van der Waals surface area contributed by atoms with E-state index in [2.05, 4.69) is 5.32 Å². The largest absolute Gasteiger partial charge is 0.447 e. The molecule has 1 N–H and O–H groups in total. The Bertz CT molecular complexity index is 217. The standard InChI is InChI=1S/C10H19NO4/c1-4-5-11-9(12)13-6-8-7-14-10(2,3)15-8/h8H,4-7H2,1-3H3,(H,11,12). The molecule has 1 saturated heterocycles. The first-order chi connectivity index (χ1) is 7.03. The van der Waals surface area contributed by atoms with Gasteiger partial charge in [0, 0.05) is 6.54 Å². The van der Waals surface area contributed by atoms with Crippen molar-refractivity contribution in [3.05, 3.63) is 0 Å². The first-order valence-corrected chi connectivity index (χ1v) is 5.26. The van der Waals surface area contributed by atoms with Crippen LogP contribution in [0.1, 0.15) is 27.2 Å². The molecule has 0 aromatic rings. The van der Waals surface area contributed by atoms with Crippen LogP contribution in [0.2, 0.25) is 0 Å². The molecule has 1 fully saturated rings. The number of carbonyl (C=O) groups excluding carboxylic acids is 1. The van der Waals surface area contributed by atoms with E-state index in [0.29, 0.717) is 13.2 Å². The maximum Gasteiger partial charge on any atom is 0.407 e. The normalized spacial score (nSPS) is 23.8. The molecule has 1 aliphatic rings. The highest BCUT2D eigenvalue weighted by molar-refractivity contribution is 5.67. The molecule has 5 heteroatoms. The van der Waals surface area contributed by atoms with Gasteiger partial charge in [0.05, 0.1) is 6.61 Å². The quantitative estimate of drug-likeness (QED) is 0.770. The molecule has 0 aromatic carbocycles. The summed E-state index contributed by atoms with van der Waals surface area (Å²) in [6, 6.07) is 0. The van der Waals surface area contributed by atoms with Crippen LogP contribution in [0.4, 0.5) is 4.79 Å². The van der Waals surface area contributed by atoms with Crippen molar-refractivity contribution in [2.75, 3.05) is 19.8 Å². The van der Waals surface area contributed by atoms with Crippen LogP contribution < -0.4 is 5.32 Å². The number of amides is 1. The van der Waals surface area contributed by atoms with E-state index in [4.69, 9.17) is 14.2 Å². The van der Waals surface area contributed by atoms with Gasteiger partial charge in [-0.25, -0.2) is 4.79 Å². The predicted octanol–water partition coefficient (Wildman–Crippen LogP) is 1.27. The fraction of sp³-hybridized carbons (Fsp3) is 0.900. The molecule has 0 aliphatic carbocycles. The topological polar surface area (TPSA) is 56.8 Å². The van der Waals surface area contributed by atoms with E-state index in [0.717, 1.165) is 6.42 Å². The van der Waals surface area contributed by atoms with E-state index in [9.17, 15) is 4.79 Å². The second-order valence-electron chi connectivity index (χ2n) is 3.98. The van der Waals surface area contributed by atoms with E-state index in [-0.39, 0.29) is 12.7 Å². The van der Waals surface area contributed by atoms with Crippen molar-refractivity contribution in [3.63, 3.8) is 0 Å².